The number of piperidine rings is 1. The van der Waals surface area contributed by atoms with Crippen molar-refractivity contribution in [3.63, 3.8) is 0 Å². The third-order valence-corrected chi connectivity index (χ3v) is 2.68. The molecular formula is C9H12N4O3. The average molecular weight is 224 g/mol. The lowest BCUT2D eigenvalue weighted by molar-refractivity contribution is -0.143. The first kappa shape index (κ1) is 10.6. The lowest BCUT2D eigenvalue weighted by Gasteiger charge is -2.29. The summed E-state index contributed by atoms with van der Waals surface area (Å²) in [5, 5.41) is 15.0. The van der Waals surface area contributed by atoms with Crippen LogP contribution in [0.4, 0.5) is 0 Å². The highest BCUT2D eigenvalue weighted by molar-refractivity contribution is 5.90. The number of aromatic nitrogens is 3. The largest absolute Gasteiger partial charge is 0.481 e. The van der Waals surface area contributed by atoms with Crippen LogP contribution in [0.1, 0.15) is 23.5 Å². The number of carboxylic acids is 1. The molecule has 0 saturated carbocycles. The molecule has 0 bridgehead atoms. The Kier molecular flexibility index (Phi) is 2.84. The molecule has 1 unspecified atom stereocenters. The maximum atomic E-state index is 11.8. The molecule has 1 aromatic rings. The van der Waals surface area contributed by atoms with E-state index in [1.54, 1.807) is 0 Å². The summed E-state index contributed by atoms with van der Waals surface area (Å²) >= 11 is 0. The van der Waals surface area contributed by atoms with Gasteiger partial charge >= 0.3 is 5.97 Å². The van der Waals surface area contributed by atoms with Crippen molar-refractivity contribution in [2.75, 3.05) is 13.1 Å². The summed E-state index contributed by atoms with van der Waals surface area (Å²) < 4.78 is 0. The predicted molar refractivity (Wildman–Crippen MR) is 52.6 cm³/mol. The Morgan fingerprint density at radius 1 is 1.56 bits per heavy atom. The van der Waals surface area contributed by atoms with Crippen molar-refractivity contribution in [2.24, 2.45) is 5.92 Å². The van der Waals surface area contributed by atoms with Crippen molar-refractivity contribution in [3.8, 4) is 0 Å². The van der Waals surface area contributed by atoms with Gasteiger partial charge < -0.3 is 10.0 Å². The van der Waals surface area contributed by atoms with E-state index in [1.807, 2.05) is 0 Å². The lowest BCUT2D eigenvalue weighted by atomic mass is 9.98. The number of likely N-dealkylation sites (tertiary alicyclic amines) is 1. The first-order valence-electron chi connectivity index (χ1n) is 5.06. The van der Waals surface area contributed by atoms with E-state index >= 15 is 0 Å². The van der Waals surface area contributed by atoms with Gasteiger partial charge in [-0.2, -0.15) is 5.10 Å². The SMILES string of the molecule is O=C(O)C1CCCN(C(=O)c2ncn[nH]2)C1. The van der Waals surface area contributed by atoms with Crippen LogP contribution in [-0.2, 0) is 4.79 Å². The molecule has 0 spiro atoms. The molecule has 1 aliphatic heterocycles. The molecule has 2 N–H and O–H groups in total. The minimum Gasteiger partial charge on any atom is -0.481 e. The number of rotatable bonds is 2. The molecule has 1 amide bonds. The van der Waals surface area contributed by atoms with Crippen LogP contribution in [0.2, 0.25) is 0 Å². The van der Waals surface area contributed by atoms with Crippen LogP contribution in [0, 0.1) is 5.92 Å². The number of aromatic amines is 1. The second-order valence-electron chi connectivity index (χ2n) is 3.76. The van der Waals surface area contributed by atoms with Crippen LogP contribution < -0.4 is 0 Å². The number of hydrogen-bond acceptors (Lipinski definition) is 4. The van der Waals surface area contributed by atoms with E-state index < -0.39 is 11.9 Å². The number of hydrogen-bond donors (Lipinski definition) is 2. The predicted octanol–water partition coefficient (Wildman–Crippen LogP) is -0.259. The highest BCUT2D eigenvalue weighted by Gasteiger charge is 2.29. The number of H-pyrrole nitrogens is 1. The van der Waals surface area contributed by atoms with E-state index in [4.69, 9.17) is 5.11 Å². The van der Waals surface area contributed by atoms with Gasteiger partial charge in [-0.25, -0.2) is 4.98 Å². The number of nitrogens with zero attached hydrogens (tertiary/aromatic N) is 3. The van der Waals surface area contributed by atoms with Gasteiger partial charge in [0.1, 0.15) is 6.33 Å². The fourth-order valence-corrected chi connectivity index (χ4v) is 1.82. The van der Waals surface area contributed by atoms with Gasteiger partial charge in [0.25, 0.3) is 5.91 Å². The van der Waals surface area contributed by atoms with Crippen molar-refractivity contribution in [3.05, 3.63) is 12.2 Å². The summed E-state index contributed by atoms with van der Waals surface area (Å²) in [6, 6.07) is 0. The Morgan fingerprint density at radius 3 is 3.00 bits per heavy atom. The normalized spacial score (nSPS) is 20.8. The molecule has 86 valence electrons. The third-order valence-electron chi connectivity index (χ3n) is 2.68. The lowest BCUT2D eigenvalue weighted by Crippen LogP contribution is -2.42. The molecule has 1 saturated heterocycles. The highest BCUT2D eigenvalue weighted by Crippen LogP contribution is 2.17. The summed E-state index contributed by atoms with van der Waals surface area (Å²) in [7, 11) is 0. The third kappa shape index (κ3) is 2.02. The molecular weight excluding hydrogens is 212 g/mol. The van der Waals surface area contributed by atoms with Crippen molar-refractivity contribution in [2.45, 2.75) is 12.8 Å². The van der Waals surface area contributed by atoms with E-state index in [2.05, 4.69) is 15.2 Å². The summed E-state index contributed by atoms with van der Waals surface area (Å²) in [6.07, 6.45) is 2.58. The average Bonchev–Trinajstić information content (AvgIpc) is 2.81. The number of carbonyl (C=O) groups is 2. The number of amides is 1. The number of aliphatic carboxylic acids is 1. The Bertz CT molecular complexity index is 389. The minimum atomic E-state index is -0.852. The van der Waals surface area contributed by atoms with E-state index in [0.29, 0.717) is 19.4 Å². The Labute approximate surface area is 91.5 Å². The Morgan fingerprint density at radius 2 is 2.38 bits per heavy atom. The van der Waals surface area contributed by atoms with Crippen molar-refractivity contribution in [1.82, 2.24) is 20.1 Å². The monoisotopic (exact) mass is 224 g/mol. The van der Waals surface area contributed by atoms with E-state index in [9.17, 15) is 9.59 Å². The van der Waals surface area contributed by atoms with Crippen LogP contribution in [0.25, 0.3) is 0 Å². The fourth-order valence-electron chi connectivity index (χ4n) is 1.82. The van der Waals surface area contributed by atoms with Gasteiger partial charge in [0, 0.05) is 13.1 Å². The maximum Gasteiger partial charge on any atom is 0.308 e. The fraction of sp³-hybridized carbons (Fsp3) is 0.556. The van der Waals surface area contributed by atoms with Crippen LogP contribution in [0.3, 0.4) is 0 Å². The van der Waals surface area contributed by atoms with Crippen LogP contribution in [0.15, 0.2) is 6.33 Å². The van der Waals surface area contributed by atoms with Gasteiger partial charge in [0.2, 0.25) is 5.82 Å². The zero-order chi connectivity index (χ0) is 11.5. The van der Waals surface area contributed by atoms with E-state index in [-0.39, 0.29) is 18.3 Å². The summed E-state index contributed by atoms with van der Waals surface area (Å²) in [4.78, 5) is 27.9. The molecule has 16 heavy (non-hydrogen) atoms. The highest BCUT2D eigenvalue weighted by atomic mass is 16.4. The maximum absolute atomic E-state index is 11.8. The molecule has 1 aliphatic rings. The van der Waals surface area contributed by atoms with Gasteiger partial charge in [-0.15, -0.1) is 0 Å². The molecule has 7 heteroatoms. The first-order chi connectivity index (χ1) is 7.68. The quantitative estimate of drug-likeness (QED) is 0.721. The number of nitrogens with one attached hydrogen (secondary N) is 1. The number of carboxylic acid groups (broad SMARTS) is 1. The summed E-state index contributed by atoms with van der Waals surface area (Å²) in [6.45, 7) is 0.818. The second kappa shape index (κ2) is 4.30. The van der Waals surface area contributed by atoms with Gasteiger partial charge in [-0.1, -0.05) is 0 Å². The number of carbonyl (C=O) groups excluding carboxylic acids is 1. The molecule has 0 aliphatic carbocycles. The smallest absolute Gasteiger partial charge is 0.308 e. The Balaban J connectivity index is 2.05. The molecule has 0 aromatic carbocycles. The first-order valence-corrected chi connectivity index (χ1v) is 5.06. The molecule has 0 radical (unpaired) electrons. The van der Waals surface area contributed by atoms with Crippen molar-refractivity contribution in [1.29, 1.82) is 0 Å². The Hall–Kier alpha value is -1.92. The van der Waals surface area contributed by atoms with Gasteiger partial charge in [-0.3, -0.25) is 14.7 Å². The zero-order valence-electron chi connectivity index (χ0n) is 8.59. The molecule has 1 atom stereocenters. The zero-order valence-corrected chi connectivity index (χ0v) is 8.59. The van der Waals surface area contributed by atoms with Crippen molar-refractivity contribution >= 4 is 11.9 Å². The van der Waals surface area contributed by atoms with Gasteiger partial charge in [0.15, 0.2) is 0 Å². The molecule has 2 heterocycles. The topological polar surface area (TPSA) is 99.2 Å². The molecule has 1 fully saturated rings. The molecule has 2 rings (SSSR count). The van der Waals surface area contributed by atoms with Gasteiger partial charge in [0.05, 0.1) is 5.92 Å². The minimum absolute atomic E-state index is 0.158. The standard InChI is InChI=1S/C9H12N4O3/c14-8(7-10-5-11-12-7)13-3-1-2-6(4-13)9(15)16/h5-6H,1-4H2,(H,15,16)(H,10,11,12). The van der Waals surface area contributed by atoms with E-state index in [1.165, 1.54) is 11.2 Å². The van der Waals surface area contributed by atoms with Crippen LogP contribution in [-0.4, -0.2) is 50.2 Å². The summed E-state index contributed by atoms with van der Waals surface area (Å²) in [5.74, 6) is -1.45. The molecule has 7 nitrogen and oxygen atoms in total. The van der Waals surface area contributed by atoms with E-state index in [0.717, 1.165) is 0 Å². The summed E-state index contributed by atoms with van der Waals surface area (Å²) in [5.41, 5.74) is 0. The second-order valence-corrected chi connectivity index (χ2v) is 3.76. The molecule has 1 aromatic heterocycles. The van der Waals surface area contributed by atoms with Crippen molar-refractivity contribution < 1.29 is 14.7 Å². The van der Waals surface area contributed by atoms with Crippen LogP contribution >= 0.6 is 0 Å². The van der Waals surface area contributed by atoms with Crippen LogP contribution in [0.5, 0.6) is 0 Å². The van der Waals surface area contributed by atoms with Gasteiger partial charge in [-0.05, 0) is 12.8 Å².